The van der Waals surface area contributed by atoms with Gasteiger partial charge in [0.1, 0.15) is 21.8 Å². The number of ether oxygens (including phenoxy) is 1. The Morgan fingerprint density at radius 1 is 1.26 bits per heavy atom. The van der Waals surface area contributed by atoms with E-state index >= 15 is 0 Å². The van der Waals surface area contributed by atoms with Crippen molar-refractivity contribution in [3.8, 4) is 6.07 Å². The highest BCUT2D eigenvalue weighted by Crippen LogP contribution is 2.36. The number of nitrogens with zero attached hydrogens (tertiary/aromatic N) is 5. The van der Waals surface area contributed by atoms with E-state index in [0.717, 1.165) is 63.4 Å². The molecule has 1 aromatic heterocycles. The fourth-order valence-electron chi connectivity index (χ4n) is 4.71. The van der Waals surface area contributed by atoms with Gasteiger partial charge in [0, 0.05) is 44.9 Å². The smallest absolute Gasteiger partial charge is 0.270 e. The lowest BCUT2D eigenvalue weighted by Gasteiger charge is -2.36. The maximum atomic E-state index is 13.3. The van der Waals surface area contributed by atoms with Crippen molar-refractivity contribution >= 4 is 46.1 Å². The number of anilines is 1. The summed E-state index contributed by atoms with van der Waals surface area (Å²) in [5.41, 5.74) is 1.23. The van der Waals surface area contributed by atoms with E-state index in [1.807, 2.05) is 13.0 Å². The van der Waals surface area contributed by atoms with Gasteiger partial charge in [-0.25, -0.2) is 0 Å². The molecule has 4 heterocycles. The van der Waals surface area contributed by atoms with Gasteiger partial charge in [0.15, 0.2) is 0 Å². The predicted octanol–water partition coefficient (Wildman–Crippen LogP) is 2.57. The van der Waals surface area contributed by atoms with E-state index in [0.29, 0.717) is 27.9 Å². The molecule has 0 N–H and O–H groups in total. The molecule has 3 saturated heterocycles. The monoisotopic (exact) mass is 501 g/mol. The van der Waals surface area contributed by atoms with Gasteiger partial charge in [-0.15, -0.1) is 0 Å². The number of piperazine rings is 1. The number of carbonyl (C=O) groups is 1. The van der Waals surface area contributed by atoms with E-state index < -0.39 is 0 Å². The zero-order valence-electron chi connectivity index (χ0n) is 20.0. The Labute approximate surface area is 210 Å². The third-order valence-corrected chi connectivity index (χ3v) is 8.03. The molecule has 1 aromatic rings. The van der Waals surface area contributed by atoms with Crippen molar-refractivity contribution in [2.75, 3.05) is 51.3 Å². The molecule has 182 valence electrons. The number of carbonyl (C=O) groups excluding carboxylic acids is 1. The Kier molecular flexibility index (Phi) is 7.77. The highest BCUT2D eigenvalue weighted by Gasteiger charge is 2.35. The maximum Gasteiger partial charge on any atom is 0.270 e. The summed E-state index contributed by atoms with van der Waals surface area (Å²) in [7, 11) is 2.08. The first kappa shape index (κ1) is 24.9. The molecule has 8 nitrogen and oxygen atoms in total. The van der Waals surface area contributed by atoms with E-state index in [4.69, 9.17) is 17.0 Å². The van der Waals surface area contributed by atoms with Crippen molar-refractivity contribution in [3.05, 3.63) is 31.9 Å². The minimum absolute atomic E-state index is 0.0149. The normalized spacial score (nSPS) is 22.8. The minimum atomic E-state index is -0.265. The topological polar surface area (TPSA) is 81.8 Å². The Balaban J connectivity index is 1.80. The van der Waals surface area contributed by atoms with Crippen LogP contribution in [0.4, 0.5) is 5.82 Å². The molecule has 1 atom stereocenters. The van der Waals surface area contributed by atoms with Crippen molar-refractivity contribution in [2.45, 2.75) is 45.8 Å². The molecule has 3 fully saturated rings. The first-order valence-corrected chi connectivity index (χ1v) is 13.1. The van der Waals surface area contributed by atoms with E-state index in [1.165, 1.54) is 11.8 Å². The summed E-state index contributed by atoms with van der Waals surface area (Å²) < 4.78 is 7.95. The van der Waals surface area contributed by atoms with Crippen LogP contribution < -0.4 is 10.5 Å². The summed E-state index contributed by atoms with van der Waals surface area (Å²) in [5, 5.41) is 9.79. The third kappa shape index (κ3) is 4.80. The number of likely N-dealkylation sites (N-methyl/N-ethyl adjacent to an activating group) is 1. The van der Waals surface area contributed by atoms with Crippen LogP contribution in [0.2, 0.25) is 0 Å². The Morgan fingerprint density at radius 3 is 2.62 bits per heavy atom. The summed E-state index contributed by atoms with van der Waals surface area (Å²) >= 11 is 6.81. The average Bonchev–Trinajstić information content (AvgIpc) is 3.42. The maximum absolute atomic E-state index is 13.3. The van der Waals surface area contributed by atoms with E-state index in [9.17, 15) is 14.9 Å². The van der Waals surface area contributed by atoms with Crippen LogP contribution in [0.1, 0.15) is 42.9 Å². The molecule has 1 unspecified atom stereocenters. The molecule has 0 saturated carbocycles. The second kappa shape index (κ2) is 10.6. The number of nitriles is 1. The van der Waals surface area contributed by atoms with Gasteiger partial charge in [0.2, 0.25) is 0 Å². The standard InChI is InChI=1S/C24H31N5O3S2/c1-4-7-28-21(27-10-8-26(3)9-11-27)18(16(2)19(14-25)22(28)30)13-20-23(31)29(24(33)34-20)15-17-6-5-12-32-17/h13,17H,4-12,15H2,1-3H3/b20-13-. The first-order valence-electron chi connectivity index (χ1n) is 11.8. The van der Waals surface area contributed by atoms with Crippen molar-refractivity contribution in [2.24, 2.45) is 0 Å². The molecule has 34 heavy (non-hydrogen) atoms. The van der Waals surface area contributed by atoms with E-state index in [-0.39, 0.29) is 23.1 Å². The Hall–Kier alpha value is -2.19. The molecule has 0 spiro atoms. The highest BCUT2D eigenvalue weighted by atomic mass is 32.2. The summed E-state index contributed by atoms with van der Waals surface area (Å²) in [6, 6.07) is 2.11. The number of aromatic nitrogens is 1. The molecule has 0 radical (unpaired) electrons. The number of hydrogen-bond donors (Lipinski definition) is 0. The average molecular weight is 502 g/mol. The fraction of sp³-hybridized carbons (Fsp3) is 0.583. The number of pyridine rings is 1. The summed E-state index contributed by atoms with van der Waals surface area (Å²) in [6.07, 6.45) is 4.54. The van der Waals surface area contributed by atoms with Crippen LogP contribution in [0.3, 0.4) is 0 Å². The zero-order chi connectivity index (χ0) is 24.4. The lowest BCUT2D eigenvalue weighted by molar-refractivity contribution is -0.123. The van der Waals surface area contributed by atoms with Gasteiger partial charge in [-0.2, -0.15) is 5.26 Å². The van der Waals surface area contributed by atoms with Crippen molar-refractivity contribution in [1.29, 1.82) is 5.26 Å². The van der Waals surface area contributed by atoms with Crippen LogP contribution in [0.25, 0.3) is 6.08 Å². The van der Waals surface area contributed by atoms with Crippen LogP contribution in [0.5, 0.6) is 0 Å². The molecular weight excluding hydrogens is 470 g/mol. The van der Waals surface area contributed by atoms with Crippen LogP contribution in [-0.4, -0.2) is 77.1 Å². The second-order valence-corrected chi connectivity index (χ2v) is 10.7. The van der Waals surface area contributed by atoms with Crippen LogP contribution in [0.15, 0.2) is 9.70 Å². The molecule has 1 amide bonds. The molecule has 0 aromatic carbocycles. The number of thiocarbonyl (C=S) groups is 1. The summed E-state index contributed by atoms with van der Waals surface area (Å²) in [6.45, 7) is 8.80. The first-order chi connectivity index (χ1) is 16.3. The molecular formula is C24H31N5O3S2. The molecule has 10 heteroatoms. The molecule has 4 rings (SSSR count). The molecule has 3 aliphatic heterocycles. The second-order valence-electron chi connectivity index (χ2n) is 9.02. The number of amides is 1. The SMILES string of the molecule is CCCn1c(N2CCN(C)CC2)c(/C=C2\SC(=S)N(CC3CCCO3)C2=O)c(C)c(C#N)c1=O. The van der Waals surface area contributed by atoms with Gasteiger partial charge < -0.3 is 14.5 Å². The van der Waals surface area contributed by atoms with E-state index in [1.54, 1.807) is 16.4 Å². The lowest BCUT2D eigenvalue weighted by atomic mass is 10.0. The fourth-order valence-corrected chi connectivity index (χ4v) is 5.97. The quantitative estimate of drug-likeness (QED) is 0.435. The van der Waals surface area contributed by atoms with Gasteiger partial charge in [-0.05, 0) is 44.9 Å². The lowest BCUT2D eigenvalue weighted by Crippen LogP contribution is -2.47. The summed E-state index contributed by atoms with van der Waals surface area (Å²) in [5.74, 6) is 0.654. The van der Waals surface area contributed by atoms with Crippen LogP contribution in [-0.2, 0) is 16.1 Å². The summed E-state index contributed by atoms with van der Waals surface area (Å²) in [4.78, 5) is 33.2. The molecule has 0 aliphatic carbocycles. The van der Waals surface area contributed by atoms with Gasteiger partial charge in [0.05, 0.1) is 17.6 Å². The van der Waals surface area contributed by atoms with Crippen LogP contribution >= 0.6 is 24.0 Å². The van der Waals surface area contributed by atoms with Crippen molar-refractivity contribution in [1.82, 2.24) is 14.4 Å². The molecule has 0 bridgehead atoms. The Bertz CT molecular complexity index is 1110. The van der Waals surface area contributed by atoms with E-state index in [2.05, 4.69) is 22.9 Å². The van der Waals surface area contributed by atoms with Crippen molar-refractivity contribution in [3.63, 3.8) is 0 Å². The number of hydrogen-bond acceptors (Lipinski definition) is 8. The van der Waals surface area contributed by atoms with Gasteiger partial charge >= 0.3 is 0 Å². The third-order valence-electron chi connectivity index (χ3n) is 6.66. The number of rotatable bonds is 6. The Morgan fingerprint density at radius 2 is 2.00 bits per heavy atom. The predicted molar refractivity (Wildman–Crippen MR) is 139 cm³/mol. The zero-order valence-corrected chi connectivity index (χ0v) is 21.6. The molecule has 3 aliphatic rings. The van der Waals surface area contributed by atoms with Gasteiger partial charge in [-0.3, -0.25) is 19.1 Å². The highest BCUT2D eigenvalue weighted by molar-refractivity contribution is 8.26. The van der Waals surface area contributed by atoms with Crippen molar-refractivity contribution < 1.29 is 9.53 Å². The number of thioether (sulfide) groups is 1. The minimum Gasteiger partial charge on any atom is -0.376 e. The van der Waals surface area contributed by atoms with Crippen LogP contribution in [0, 0.1) is 18.3 Å². The van der Waals surface area contributed by atoms with Gasteiger partial charge in [-0.1, -0.05) is 30.9 Å². The van der Waals surface area contributed by atoms with Gasteiger partial charge in [0.25, 0.3) is 11.5 Å². The largest absolute Gasteiger partial charge is 0.376 e.